The molecule has 6 N–H and O–H groups in total. The number of amides is 2. The summed E-state index contributed by atoms with van der Waals surface area (Å²) in [6, 6.07) is 21.1. The Hall–Kier alpha value is -7.78. The first-order valence-electron chi connectivity index (χ1n) is 24.3. The minimum atomic E-state index is -4.47. The number of alkyl halides is 6. The van der Waals surface area contributed by atoms with Gasteiger partial charge in [0.25, 0.3) is 11.8 Å². The van der Waals surface area contributed by atoms with Gasteiger partial charge in [-0.15, -0.1) is 0 Å². The maximum Gasteiger partial charge on any atom is 0.419 e. The van der Waals surface area contributed by atoms with Crippen LogP contribution in [0.1, 0.15) is 132 Å². The van der Waals surface area contributed by atoms with Crippen molar-refractivity contribution < 1.29 is 55.7 Å². The van der Waals surface area contributed by atoms with Crippen molar-refractivity contribution in [2.45, 2.75) is 101 Å². The zero-order valence-electron chi connectivity index (χ0n) is 40.1. The number of aliphatic carboxylic acids is 2. The summed E-state index contributed by atoms with van der Waals surface area (Å²) in [5.74, 6) is -1.34. The van der Waals surface area contributed by atoms with Crippen LogP contribution < -0.4 is 21.3 Å². The van der Waals surface area contributed by atoms with Crippen LogP contribution in [-0.4, -0.2) is 76.6 Å². The highest BCUT2D eigenvalue weighted by Crippen LogP contribution is 2.39. The van der Waals surface area contributed by atoms with Gasteiger partial charge in [0.05, 0.1) is 72.2 Å². The third-order valence-electron chi connectivity index (χ3n) is 13.0. The highest BCUT2D eigenvalue weighted by atomic mass is 19.4. The average Bonchev–Trinajstić information content (AvgIpc) is 4.11. The highest BCUT2D eigenvalue weighted by molar-refractivity contribution is 5.95. The smallest absolute Gasteiger partial charge is 0.419 e. The zero-order chi connectivity index (χ0) is 52.8. The molecule has 74 heavy (non-hydrogen) atoms. The van der Waals surface area contributed by atoms with Crippen molar-refractivity contribution in [1.82, 2.24) is 40.2 Å². The van der Waals surface area contributed by atoms with E-state index in [-0.39, 0.29) is 61.5 Å². The molecule has 0 radical (unpaired) electrons. The lowest BCUT2D eigenvalue weighted by Crippen LogP contribution is -2.26. The summed E-state index contributed by atoms with van der Waals surface area (Å²) in [6.07, 6.45) is 8.36. The molecular formula is C52H56F6N10O6. The fourth-order valence-electron chi connectivity index (χ4n) is 9.10. The van der Waals surface area contributed by atoms with E-state index in [2.05, 4.69) is 41.4 Å². The first-order chi connectivity index (χ1) is 35.4. The molecular weight excluding hydrogens is 975 g/mol. The van der Waals surface area contributed by atoms with Crippen LogP contribution in [0.2, 0.25) is 0 Å². The monoisotopic (exact) mass is 1030 g/mol. The Labute approximate surface area is 422 Å². The lowest BCUT2D eigenvalue weighted by atomic mass is 9.81. The van der Waals surface area contributed by atoms with Gasteiger partial charge in [-0.3, -0.25) is 19.2 Å². The van der Waals surface area contributed by atoms with Crippen LogP contribution in [0.25, 0.3) is 11.6 Å². The second-order valence-electron chi connectivity index (χ2n) is 18.2. The van der Waals surface area contributed by atoms with E-state index >= 15 is 0 Å². The van der Waals surface area contributed by atoms with Crippen LogP contribution in [0.15, 0.2) is 110 Å². The van der Waals surface area contributed by atoms with Crippen LogP contribution in [0, 0.1) is 11.8 Å². The van der Waals surface area contributed by atoms with Gasteiger partial charge in [0, 0.05) is 36.6 Å². The molecule has 6 aromatic rings. The number of anilines is 2. The molecule has 4 aromatic heterocycles. The van der Waals surface area contributed by atoms with Crippen LogP contribution in [0.5, 0.6) is 0 Å². The number of pyridine rings is 2. The van der Waals surface area contributed by atoms with E-state index in [0.29, 0.717) is 23.0 Å². The van der Waals surface area contributed by atoms with E-state index in [1.807, 2.05) is 24.3 Å². The number of carboxylic acids is 2. The number of carbonyl (C=O) groups is 4. The molecule has 2 amide bonds. The molecule has 2 aliphatic rings. The summed E-state index contributed by atoms with van der Waals surface area (Å²) in [4.78, 5) is 54.5. The Balaban J connectivity index is 0.000000216. The van der Waals surface area contributed by atoms with Crippen LogP contribution in [0.4, 0.5) is 37.7 Å². The quantitative estimate of drug-likeness (QED) is 0.0443. The van der Waals surface area contributed by atoms with Crippen molar-refractivity contribution in [1.29, 1.82) is 0 Å². The predicted octanol–water partition coefficient (Wildman–Crippen LogP) is 10.4. The normalized spacial score (nSPS) is 15.2. The molecule has 0 saturated heterocycles. The van der Waals surface area contributed by atoms with E-state index in [9.17, 15) is 45.5 Å². The molecule has 2 aliphatic carbocycles. The van der Waals surface area contributed by atoms with Crippen LogP contribution in [0.3, 0.4) is 0 Å². The molecule has 392 valence electrons. The standard InChI is InChI=1S/2C26H28F3N5O3/c2*27-26(28,29)20-14-32-34(16-20)22-11-10-21(15-31-22)33-24(17-4-2-1-3-5-17)18-6-8-19(9-7-18)25(37)30-13-12-23(35)36/h2*6-11,14-17,24,33H,1-5,12-13H2,(H,30,37)(H,35,36)/t2*24-/m10/s1. The number of halogens is 6. The number of aromatic nitrogens is 6. The summed E-state index contributed by atoms with van der Waals surface area (Å²) in [6.45, 7) is 0.114. The predicted molar refractivity (Wildman–Crippen MR) is 261 cm³/mol. The topological polar surface area (TPSA) is 218 Å². The minimum absolute atomic E-state index is 0.0430. The second-order valence-corrected chi connectivity index (χ2v) is 18.2. The molecule has 2 aromatic carbocycles. The van der Waals surface area contributed by atoms with Crippen molar-refractivity contribution in [3.63, 3.8) is 0 Å². The van der Waals surface area contributed by atoms with Crippen molar-refractivity contribution in [2.75, 3.05) is 23.7 Å². The van der Waals surface area contributed by atoms with Crippen molar-refractivity contribution in [3.8, 4) is 11.6 Å². The van der Waals surface area contributed by atoms with E-state index in [1.54, 1.807) is 60.9 Å². The molecule has 0 aliphatic heterocycles. The molecule has 8 rings (SSSR count). The number of benzene rings is 2. The Morgan fingerprint density at radius 2 is 0.892 bits per heavy atom. The Bertz CT molecular complexity index is 2600. The van der Waals surface area contributed by atoms with Gasteiger partial charge in [-0.1, -0.05) is 62.8 Å². The number of nitrogens with zero attached hydrogens (tertiary/aromatic N) is 6. The fraction of sp³-hybridized carbons (Fsp3) is 0.385. The van der Waals surface area contributed by atoms with Gasteiger partial charge in [0.1, 0.15) is 0 Å². The number of carboxylic acid groups (broad SMARTS) is 2. The minimum Gasteiger partial charge on any atom is -0.481 e. The van der Waals surface area contributed by atoms with Gasteiger partial charge in [-0.05, 0) is 97.2 Å². The first-order valence-corrected chi connectivity index (χ1v) is 24.3. The van der Waals surface area contributed by atoms with Crippen molar-refractivity contribution in [2.24, 2.45) is 11.8 Å². The molecule has 2 saturated carbocycles. The molecule has 4 heterocycles. The Kier molecular flexibility index (Phi) is 18.1. The van der Waals surface area contributed by atoms with E-state index < -0.39 is 35.4 Å². The SMILES string of the molecule is O=C(O)CCNC(=O)c1ccc([C@@H](Nc2ccc(-n3cc(C(F)(F)F)cn3)nc2)C2CCCCC2)cc1.O=C(O)CCNC(=O)c1ccc([C@H](Nc2ccc(-n3cc(C(F)(F)F)cn3)nc2)C2CCCCC2)cc1. The van der Waals surface area contributed by atoms with Crippen molar-refractivity contribution >= 4 is 35.1 Å². The lowest BCUT2D eigenvalue weighted by Gasteiger charge is -2.32. The summed E-state index contributed by atoms with van der Waals surface area (Å²) >= 11 is 0. The summed E-state index contributed by atoms with van der Waals surface area (Å²) in [7, 11) is 0. The number of hydrogen-bond donors (Lipinski definition) is 6. The summed E-state index contributed by atoms with van der Waals surface area (Å²) in [5, 5.41) is 37.3. The third kappa shape index (κ3) is 15.1. The average molecular weight is 1030 g/mol. The Morgan fingerprint density at radius 1 is 0.527 bits per heavy atom. The number of carbonyl (C=O) groups excluding carboxylic acids is 2. The maximum atomic E-state index is 12.9. The number of nitrogens with one attached hydrogen (secondary N) is 4. The zero-order valence-corrected chi connectivity index (χ0v) is 40.1. The molecule has 16 nitrogen and oxygen atoms in total. The molecule has 22 heteroatoms. The van der Waals surface area contributed by atoms with Gasteiger partial charge in [-0.25, -0.2) is 19.3 Å². The summed E-state index contributed by atoms with van der Waals surface area (Å²) in [5.41, 5.74) is 2.65. The van der Waals surface area contributed by atoms with Gasteiger partial charge < -0.3 is 31.5 Å². The van der Waals surface area contributed by atoms with Gasteiger partial charge in [0.15, 0.2) is 11.6 Å². The number of hydrogen-bond acceptors (Lipinski definition) is 10. The van der Waals surface area contributed by atoms with E-state index in [0.717, 1.165) is 108 Å². The van der Waals surface area contributed by atoms with E-state index in [4.69, 9.17) is 10.2 Å². The first kappa shape index (κ1) is 54.0. The number of rotatable bonds is 18. The molecule has 2 fully saturated rings. The van der Waals surface area contributed by atoms with Crippen molar-refractivity contribution in [3.05, 3.63) is 143 Å². The molecule has 2 atom stereocenters. The molecule has 0 spiro atoms. The van der Waals surface area contributed by atoms with E-state index in [1.165, 1.54) is 12.8 Å². The highest BCUT2D eigenvalue weighted by Gasteiger charge is 2.34. The van der Waals surface area contributed by atoms with Gasteiger partial charge >= 0.3 is 24.3 Å². The van der Waals surface area contributed by atoms with Gasteiger partial charge in [0.2, 0.25) is 0 Å². The van der Waals surface area contributed by atoms with Gasteiger partial charge in [-0.2, -0.15) is 36.5 Å². The Morgan fingerprint density at radius 3 is 1.19 bits per heavy atom. The van der Waals surface area contributed by atoms with Crippen LogP contribution >= 0.6 is 0 Å². The third-order valence-corrected chi connectivity index (χ3v) is 13.0. The molecule has 0 unspecified atom stereocenters. The summed E-state index contributed by atoms with van der Waals surface area (Å²) < 4.78 is 79.5. The fourth-order valence-corrected chi connectivity index (χ4v) is 9.10. The largest absolute Gasteiger partial charge is 0.481 e. The maximum absolute atomic E-state index is 12.9. The second kappa shape index (κ2) is 24.8. The molecule has 0 bridgehead atoms. The lowest BCUT2D eigenvalue weighted by molar-refractivity contribution is -0.138. The van der Waals surface area contributed by atoms with Crippen LogP contribution in [-0.2, 0) is 21.9 Å².